The molecule has 0 bridgehead atoms. The van der Waals surface area contributed by atoms with E-state index in [4.69, 9.17) is 4.74 Å². The van der Waals surface area contributed by atoms with E-state index in [0.29, 0.717) is 19.4 Å². The molecule has 0 N–H and O–H groups in total. The summed E-state index contributed by atoms with van der Waals surface area (Å²) in [5.41, 5.74) is 0.0746. The van der Waals surface area contributed by atoms with E-state index >= 15 is 0 Å². The van der Waals surface area contributed by atoms with Crippen LogP contribution in [-0.4, -0.2) is 34.5 Å². The summed E-state index contributed by atoms with van der Waals surface area (Å²) in [6.45, 7) is 9.83. The summed E-state index contributed by atoms with van der Waals surface area (Å²) in [6.07, 6.45) is 0.687. The second-order valence-corrected chi connectivity index (χ2v) is 7.93. The summed E-state index contributed by atoms with van der Waals surface area (Å²) in [5, 5.41) is 0. The van der Waals surface area contributed by atoms with Gasteiger partial charge in [-0.15, -0.1) is 0 Å². The summed E-state index contributed by atoms with van der Waals surface area (Å²) in [5.74, 6) is 0.0524. The number of amides is 1. The van der Waals surface area contributed by atoms with Gasteiger partial charge >= 0.3 is 6.09 Å². The molecule has 1 fully saturated rings. The minimum absolute atomic E-state index is 0.169. The summed E-state index contributed by atoms with van der Waals surface area (Å²) in [6, 6.07) is 9.94. The highest BCUT2D eigenvalue weighted by Gasteiger charge is 2.43. The number of ketones is 1. The van der Waals surface area contributed by atoms with Crippen molar-refractivity contribution in [3.8, 4) is 0 Å². The SMILES string of the molecule is CC(C)(C)OC(=O)N1CC(Cc2ccccc2)C(=O)CC1(C)C. The first kappa shape index (κ1) is 17.5. The van der Waals surface area contributed by atoms with Crippen LogP contribution in [0.1, 0.15) is 46.6 Å². The smallest absolute Gasteiger partial charge is 0.410 e. The quantitative estimate of drug-likeness (QED) is 0.832. The summed E-state index contributed by atoms with van der Waals surface area (Å²) in [4.78, 5) is 26.7. The van der Waals surface area contributed by atoms with E-state index in [-0.39, 0.29) is 17.8 Å². The van der Waals surface area contributed by atoms with Crippen LogP contribution < -0.4 is 0 Å². The van der Waals surface area contributed by atoms with Gasteiger partial charge in [0, 0.05) is 24.4 Å². The molecule has 1 aliphatic heterocycles. The van der Waals surface area contributed by atoms with Crippen LogP contribution in [-0.2, 0) is 16.0 Å². The van der Waals surface area contributed by atoms with Crippen LogP contribution in [0.15, 0.2) is 30.3 Å². The summed E-state index contributed by atoms with van der Waals surface area (Å²) in [7, 11) is 0. The van der Waals surface area contributed by atoms with E-state index in [1.807, 2.05) is 65.0 Å². The van der Waals surface area contributed by atoms with Gasteiger partial charge in [-0.2, -0.15) is 0 Å². The van der Waals surface area contributed by atoms with Crippen LogP contribution in [0, 0.1) is 5.92 Å². The van der Waals surface area contributed by atoms with Crippen molar-refractivity contribution in [2.45, 2.75) is 58.6 Å². The van der Waals surface area contributed by atoms with Gasteiger partial charge in [0.1, 0.15) is 11.4 Å². The Labute approximate surface area is 138 Å². The van der Waals surface area contributed by atoms with E-state index in [2.05, 4.69) is 0 Å². The van der Waals surface area contributed by atoms with Crippen molar-refractivity contribution in [3.63, 3.8) is 0 Å². The third-order valence-corrected chi connectivity index (χ3v) is 4.13. The largest absolute Gasteiger partial charge is 0.444 e. The molecule has 23 heavy (non-hydrogen) atoms. The minimum Gasteiger partial charge on any atom is -0.444 e. The molecule has 126 valence electrons. The van der Waals surface area contributed by atoms with Crippen molar-refractivity contribution in [3.05, 3.63) is 35.9 Å². The maximum atomic E-state index is 12.5. The van der Waals surface area contributed by atoms with Crippen LogP contribution in [0.3, 0.4) is 0 Å². The zero-order valence-electron chi connectivity index (χ0n) is 14.8. The fourth-order valence-electron chi connectivity index (χ4n) is 2.95. The second-order valence-electron chi connectivity index (χ2n) is 7.93. The number of Topliss-reactive ketones (excluding diaryl/α,β-unsaturated/α-hetero) is 1. The molecule has 1 aliphatic rings. The van der Waals surface area contributed by atoms with Gasteiger partial charge in [-0.05, 0) is 46.6 Å². The molecule has 0 spiro atoms. The summed E-state index contributed by atoms with van der Waals surface area (Å²) < 4.78 is 5.52. The fourth-order valence-corrected chi connectivity index (χ4v) is 2.95. The standard InChI is InChI=1S/C19H27NO3/c1-18(2,3)23-17(22)20-13-15(16(21)12-19(20,4)5)11-14-9-7-6-8-10-14/h6-10,15H,11-13H2,1-5H3. The topological polar surface area (TPSA) is 46.6 Å². The number of carbonyl (C=O) groups excluding carboxylic acids is 2. The van der Waals surface area contributed by atoms with Gasteiger partial charge in [-0.1, -0.05) is 30.3 Å². The van der Waals surface area contributed by atoms with Crippen molar-refractivity contribution < 1.29 is 14.3 Å². The predicted octanol–water partition coefficient (Wildman–Crippen LogP) is 3.83. The van der Waals surface area contributed by atoms with Crippen LogP contribution in [0.25, 0.3) is 0 Å². The van der Waals surface area contributed by atoms with Crippen LogP contribution >= 0.6 is 0 Å². The van der Waals surface area contributed by atoms with Crippen molar-refractivity contribution in [2.24, 2.45) is 5.92 Å². The zero-order chi connectivity index (χ0) is 17.3. The molecule has 0 aliphatic carbocycles. The number of hydrogen-bond acceptors (Lipinski definition) is 3. The minimum atomic E-state index is -0.538. The Morgan fingerprint density at radius 3 is 2.43 bits per heavy atom. The Hall–Kier alpha value is -1.84. The van der Waals surface area contributed by atoms with Crippen molar-refractivity contribution in [1.29, 1.82) is 0 Å². The maximum absolute atomic E-state index is 12.5. The normalized spacial score (nSPS) is 21.2. The third kappa shape index (κ3) is 4.57. The van der Waals surface area contributed by atoms with Crippen LogP contribution in [0.2, 0.25) is 0 Å². The number of benzene rings is 1. The Balaban J connectivity index is 2.15. The fraction of sp³-hybridized carbons (Fsp3) is 0.579. The first-order chi connectivity index (χ1) is 10.6. The Kier molecular flexibility index (Phi) is 4.83. The molecular weight excluding hydrogens is 290 g/mol. The average Bonchev–Trinajstić information content (AvgIpc) is 2.40. The lowest BCUT2D eigenvalue weighted by atomic mass is 9.81. The highest BCUT2D eigenvalue weighted by molar-refractivity contribution is 5.85. The lowest BCUT2D eigenvalue weighted by molar-refractivity contribution is -0.130. The van der Waals surface area contributed by atoms with E-state index in [1.54, 1.807) is 4.90 Å². The van der Waals surface area contributed by atoms with E-state index in [0.717, 1.165) is 5.56 Å². The first-order valence-corrected chi connectivity index (χ1v) is 8.16. The van der Waals surface area contributed by atoms with Gasteiger partial charge < -0.3 is 9.64 Å². The predicted molar refractivity (Wildman–Crippen MR) is 90.3 cm³/mol. The molecule has 0 radical (unpaired) electrons. The highest BCUT2D eigenvalue weighted by atomic mass is 16.6. The molecule has 1 amide bonds. The zero-order valence-corrected chi connectivity index (χ0v) is 14.8. The molecule has 1 aromatic rings. The number of carbonyl (C=O) groups is 2. The molecule has 1 heterocycles. The number of likely N-dealkylation sites (tertiary alicyclic amines) is 1. The molecule has 0 saturated carbocycles. The van der Waals surface area contributed by atoms with Gasteiger partial charge in [0.05, 0.1) is 0 Å². The Morgan fingerprint density at radius 1 is 1.26 bits per heavy atom. The van der Waals surface area contributed by atoms with Gasteiger partial charge in [0.2, 0.25) is 0 Å². The number of piperidine rings is 1. The Morgan fingerprint density at radius 2 is 1.87 bits per heavy atom. The monoisotopic (exact) mass is 317 g/mol. The third-order valence-electron chi connectivity index (χ3n) is 4.13. The molecule has 0 aromatic heterocycles. The molecule has 1 atom stereocenters. The van der Waals surface area contributed by atoms with Gasteiger partial charge in [-0.3, -0.25) is 4.79 Å². The molecular formula is C19H27NO3. The van der Waals surface area contributed by atoms with Crippen molar-refractivity contribution in [1.82, 2.24) is 4.90 Å². The number of rotatable bonds is 2. The van der Waals surface area contributed by atoms with E-state index < -0.39 is 11.1 Å². The Bertz CT molecular complexity index is 572. The summed E-state index contributed by atoms with van der Waals surface area (Å²) >= 11 is 0. The average molecular weight is 317 g/mol. The first-order valence-electron chi connectivity index (χ1n) is 8.16. The van der Waals surface area contributed by atoms with E-state index in [1.165, 1.54) is 0 Å². The lowest BCUT2D eigenvalue weighted by Crippen LogP contribution is -2.57. The van der Waals surface area contributed by atoms with Gasteiger partial charge in [0.15, 0.2) is 0 Å². The molecule has 1 saturated heterocycles. The number of hydrogen-bond donors (Lipinski definition) is 0. The number of ether oxygens (including phenoxy) is 1. The lowest BCUT2D eigenvalue weighted by Gasteiger charge is -2.44. The second kappa shape index (κ2) is 6.34. The maximum Gasteiger partial charge on any atom is 0.410 e. The van der Waals surface area contributed by atoms with Crippen molar-refractivity contribution >= 4 is 11.9 Å². The molecule has 2 rings (SSSR count). The number of nitrogens with zero attached hydrogens (tertiary/aromatic N) is 1. The van der Waals surface area contributed by atoms with Crippen molar-refractivity contribution in [2.75, 3.05) is 6.54 Å². The molecule has 4 nitrogen and oxygen atoms in total. The molecule has 4 heteroatoms. The van der Waals surface area contributed by atoms with Gasteiger partial charge in [0.25, 0.3) is 0 Å². The molecule has 1 aromatic carbocycles. The van der Waals surface area contributed by atoms with Crippen LogP contribution in [0.5, 0.6) is 0 Å². The van der Waals surface area contributed by atoms with Gasteiger partial charge in [-0.25, -0.2) is 4.79 Å². The molecule has 1 unspecified atom stereocenters. The van der Waals surface area contributed by atoms with Crippen LogP contribution in [0.4, 0.5) is 4.79 Å². The van der Waals surface area contributed by atoms with E-state index in [9.17, 15) is 9.59 Å². The highest BCUT2D eigenvalue weighted by Crippen LogP contribution is 2.31.